The summed E-state index contributed by atoms with van der Waals surface area (Å²) in [5, 5.41) is 19.5. The summed E-state index contributed by atoms with van der Waals surface area (Å²) >= 11 is 0. The van der Waals surface area contributed by atoms with Gasteiger partial charge in [0.15, 0.2) is 0 Å². The number of phenolic OH excluding ortho intramolecular Hbond substituents is 1. The van der Waals surface area contributed by atoms with Crippen LogP contribution >= 0.6 is 0 Å². The molecule has 1 saturated carbocycles. The van der Waals surface area contributed by atoms with E-state index in [0.717, 1.165) is 18.4 Å². The minimum absolute atomic E-state index is 0.150. The highest BCUT2D eigenvalue weighted by Gasteiger charge is 2.24. The highest BCUT2D eigenvalue weighted by Crippen LogP contribution is 2.37. The standard InChI is InChI=1S/C13H19NO2/c14-12-8-10(15)6-7-11(12)13(16)9-4-2-1-3-5-9/h6-9,13,15-16H,1-5,14H2. The minimum Gasteiger partial charge on any atom is -0.508 e. The third-order valence-electron chi connectivity index (χ3n) is 3.49. The van der Waals surface area contributed by atoms with Crippen molar-refractivity contribution in [3.05, 3.63) is 23.8 Å². The van der Waals surface area contributed by atoms with Gasteiger partial charge in [0, 0.05) is 17.3 Å². The number of phenols is 1. The number of aliphatic hydroxyl groups excluding tert-OH is 1. The topological polar surface area (TPSA) is 66.5 Å². The van der Waals surface area contributed by atoms with E-state index in [2.05, 4.69) is 0 Å². The Balaban J connectivity index is 2.15. The molecular weight excluding hydrogens is 202 g/mol. The van der Waals surface area contributed by atoms with Crippen molar-refractivity contribution in [2.24, 2.45) is 5.92 Å². The second kappa shape index (κ2) is 4.74. The molecular formula is C13H19NO2. The van der Waals surface area contributed by atoms with Gasteiger partial charge in [-0.25, -0.2) is 0 Å². The molecule has 4 N–H and O–H groups in total. The van der Waals surface area contributed by atoms with Gasteiger partial charge in [0.2, 0.25) is 0 Å². The molecule has 1 aromatic rings. The zero-order valence-electron chi connectivity index (χ0n) is 9.39. The first-order valence-corrected chi connectivity index (χ1v) is 5.95. The molecule has 3 heteroatoms. The van der Waals surface area contributed by atoms with Crippen LogP contribution < -0.4 is 5.73 Å². The summed E-state index contributed by atoms with van der Waals surface area (Å²) in [5.41, 5.74) is 7.05. The molecule has 1 unspecified atom stereocenters. The van der Waals surface area contributed by atoms with Crippen molar-refractivity contribution < 1.29 is 10.2 Å². The van der Waals surface area contributed by atoms with Gasteiger partial charge in [-0.2, -0.15) is 0 Å². The molecule has 0 saturated heterocycles. The van der Waals surface area contributed by atoms with E-state index in [9.17, 15) is 10.2 Å². The summed E-state index contributed by atoms with van der Waals surface area (Å²) in [5.74, 6) is 0.470. The molecule has 1 fully saturated rings. The van der Waals surface area contributed by atoms with E-state index in [-0.39, 0.29) is 5.75 Å². The summed E-state index contributed by atoms with van der Waals surface area (Å²) < 4.78 is 0. The van der Waals surface area contributed by atoms with Gasteiger partial charge < -0.3 is 15.9 Å². The van der Waals surface area contributed by atoms with E-state index in [1.165, 1.54) is 25.3 Å². The lowest BCUT2D eigenvalue weighted by Gasteiger charge is -2.27. The van der Waals surface area contributed by atoms with Gasteiger partial charge >= 0.3 is 0 Å². The van der Waals surface area contributed by atoms with Crippen molar-refractivity contribution in [3.63, 3.8) is 0 Å². The maximum Gasteiger partial charge on any atom is 0.117 e. The molecule has 1 atom stereocenters. The SMILES string of the molecule is Nc1cc(O)ccc1C(O)C1CCCCC1. The van der Waals surface area contributed by atoms with Gasteiger partial charge in [0.25, 0.3) is 0 Å². The van der Waals surface area contributed by atoms with Gasteiger partial charge in [-0.1, -0.05) is 25.3 Å². The molecule has 1 aliphatic rings. The highest BCUT2D eigenvalue weighted by atomic mass is 16.3. The molecule has 0 bridgehead atoms. The zero-order valence-corrected chi connectivity index (χ0v) is 9.39. The molecule has 0 aromatic heterocycles. The lowest BCUT2D eigenvalue weighted by Crippen LogP contribution is -2.17. The van der Waals surface area contributed by atoms with Crippen LogP contribution in [0.1, 0.15) is 43.8 Å². The van der Waals surface area contributed by atoms with Crippen LogP contribution in [0.4, 0.5) is 5.69 Å². The van der Waals surface area contributed by atoms with Gasteiger partial charge in [0.05, 0.1) is 6.10 Å². The summed E-state index contributed by atoms with van der Waals surface area (Å²) in [6.07, 6.45) is 5.32. The van der Waals surface area contributed by atoms with E-state index in [4.69, 9.17) is 5.73 Å². The van der Waals surface area contributed by atoms with Crippen LogP contribution in [0.25, 0.3) is 0 Å². The van der Waals surface area contributed by atoms with Crippen LogP contribution in [0.5, 0.6) is 5.75 Å². The average Bonchev–Trinajstić information content (AvgIpc) is 2.29. The van der Waals surface area contributed by atoms with Crippen LogP contribution in [0, 0.1) is 5.92 Å². The number of hydrogen-bond acceptors (Lipinski definition) is 3. The zero-order chi connectivity index (χ0) is 11.5. The Morgan fingerprint density at radius 1 is 1.19 bits per heavy atom. The molecule has 0 radical (unpaired) electrons. The van der Waals surface area contributed by atoms with Crippen LogP contribution in [0.2, 0.25) is 0 Å². The number of aliphatic hydroxyl groups is 1. The number of anilines is 1. The summed E-state index contributed by atoms with van der Waals surface area (Å²) in [6, 6.07) is 4.81. The monoisotopic (exact) mass is 221 g/mol. The van der Waals surface area contributed by atoms with Crippen molar-refractivity contribution >= 4 is 5.69 Å². The van der Waals surface area contributed by atoms with E-state index in [1.807, 2.05) is 0 Å². The predicted molar refractivity (Wildman–Crippen MR) is 64.1 cm³/mol. The molecule has 0 aliphatic heterocycles. The quantitative estimate of drug-likeness (QED) is 0.672. The Morgan fingerprint density at radius 3 is 2.50 bits per heavy atom. The minimum atomic E-state index is -0.485. The molecule has 16 heavy (non-hydrogen) atoms. The Labute approximate surface area is 95.9 Å². The third kappa shape index (κ3) is 2.30. The molecule has 2 rings (SSSR count). The second-order valence-corrected chi connectivity index (χ2v) is 4.66. The number of aromatic hydroxyl groups is 1. The van der Waals surface area contributed by atoms with Crippen LogP contribution in [0.3, 0.4) is 0 Å². The molecule has 1 aliphatic carbocycles. The molecule has 0 spiro atoms. The largest absolute Gasteiger partial charge is 0.508 e. The van der Waals surface area contributed by atoms with Gasteiger partial charge in [-0.05, 0) is 24.8 Å². The van der Waals surface area contributed by atoms with Crippen molar-refractivity contribution in [2.75, 3.05) is 5.73 Å². The van der Waals surface area contributed by atoms with Gasteiger partial charge in [-0.3, -0.25) is 0 Å². The third-order valence-corrected chi connectivity index (χ3v) is 3.49. The highest BCUT2D eigenvalue weighted by molar-refractivity contribution is 5.52. The Hall–Kier alpha value is -1.22. The van der Waals surface area contributed by atoms with Crippen molar-refractivity contribution in [3.8, 4) is 5.75 Å². The summed E-state index contributed by atoms with van der Waals surface area (Å²) in [6.45, 7) is 0. The molecule has 1 aromatic carbocycles. The normalized spacial score (nSPS) is 19.6. The average molecular weight is 221 g/mol. The fourth-order valence-electron chi connectivity index (χ4n) is 2.54. The number of nitrogens with two attached hydrogens (primary N) is 1. The second-order valence-electron chi connectivity index (χ2n) is 4.66. The number of nitrogen functional groups attached to an aromatic ring is 1. The van der Waals surface area contributed by atoms with Crippen molar-refractivity contribution in [2.45, 2.75) is 38.2 Å². The van der Waals surface area contributed by atoms with E-state index >= 15 is 0 Å². The van der Waals surface area contributed by atoms with Crippen LogP contribution in [-0.4, -0.2) is 10.2 Å². The van der Waals surface area contributed by atoms with Gasteiger partial charge in [0.1, 0.15) is 5.75 Å². The van der Waals surface area contributed by atoms with Gasteiger partial charge in [-0.15, -0.1) is 0 Å². The molecule has 3 nitrogen and oxygen atoms in total. The van der Waals surface area contributed by atoms with Crippen molar-refractivity contribution in [1.29, 1.82) is 0 Å². The summed E-state index contributed by atoms with van der Waals surface area (Å²) in [7, 11) is 0. The lowest BCUT2D eigenvalue weighted by molar-refractivity contribution is 0.0854. The smallest absolute Gasteiger partial charge is 0.117 e. The Morgan fingerprint density at radius 2 is 1.88 bits per heavy atom. The fraction of sp³-hybridized carbons (Fsp3) is 0.538. The first-order chi connectivity index (χ1) is 7.68. The Bertz CT molecular complexity index is 359. The number of rotatable bonds is 2. The maximum absolute atomic E-state index is 10.3. The van der Waals surface area contributed by atoms with E-state index in [0.29, 0.717) is 11.6 Å². The van der Waals surface area contributed by atoms with E-state index in [1.54, 1.807) is 12.1 Å². The predicted octanol–water partition coefficient (Wildman–Crippen LogP) is 2.59. The first kappa shape index (κ1) is 11.3. The summed E-state index contributed by atoms with van der Waals surface area (Å²) in [4.78, 5) is 0. The van der Waals surface area contributed by atoms with Crippen molar-refractivity contribution in [1.82, 2.24) is 0 Å². The molecule has 0 amide bonds. The van der Waals surface area contributed by atoms with E-state index < -0.39 is 6.10 Å². The molecule has 0 heterocycles. The number of hydrogen-bond donors (Lipinski definition) is 3. The molecule has 88 valence electrons. The Kier molecular flexibility index (Phi) is 3.34. The maximum atomic E-state index is 10.3. The fourth-order valence-corrected chi connectivity index (χ4v) is 2.54. The van der Waals surface area contributed by atoms with Crippen LogP contribution in [0.15, 0.2) is 18.2 Å². The number of benzene rings is 1. The van der Waals surface area contributed by atoms with Crippen LogP contribution in [-0.2, 0) is 0 Å². The lowest BCUT2D eigenvalue weighted by atomic mass is 9.82. The first-order valence-electron chi connectivity index (χ1n) is 5.95.